The van der Waals surface area contributed by atoms with Crippen molar-refractivity contribution in [3.63, 3.8) is 0 Å². The minimum atomic E-state index is -0.210. The van der Waals surface area contributed by atoms with Crippen LogP contribution in [0.5, 0.6) is 5.75 Å². The topological polar surface area (TPSA) is 56.5 Å². The molecule has 1 aromatic rings. The Kier molecular flexibility index (Phi) is 5.40. The first-order valence-corrected chi connectivity index (χ1v) is 7.50. The first kappa shape index (κ1) is 15.3. The SMILES string of the molecule is CCOc1cccc(C(NN)C2(OC)CCCCC2)c1. The Balaban J connectivity index is 2.27. The lowest BCUT2D eigenvalue weighted by Crippen LogP contribution is -2.49. The van der Waals surface area contributed by atoms with Gasteiger partial charge in [-0.15, -0.1) is 0 Å². The van der Waals surface area contributed by atoms with Crippen LogP contribution in [0.2, 0.25) is 0 Å². The maximum absolute atomic E-state index is 5.90. The second-order valence-corrected chi connectivity index (χ2v) is 5.43. The van der Waals surface area contributed by atoms with Gasteiger partial charge in [0.05, 0.1) is 18.2 Å². The highest BCUT2D eigenvalue weighted by molar-refractivity contribution is 5.32. The molecule has 1 aliphatic carbocycles. The number of nitrogens with two attached hydrogens (primary N) is 1. The molecule has 0 saturated heterocycles. The molecule has 0 radical (unpaired) electrons. The summed E-state index contributed by atoms with van der Waals surface area (Å²) in [4.78, 5) is 0. The van der Waals surface area contributed by atoms with Gasteiger partial charge in [-0.05, 0) is 37.5 Å². The molecule has 0 bridgehead atoms. The summed E-state index contributed by atoms with van der Waals surface area (Å²) in [5.41, 5.74) is 3.89. The monoisotopic (exact) mass is 278 g/mol. The van der Waals surface area contributed by atoms with Gasteiger partial charge in [-0.2, -0.15) is 0 Å². The highest BCUT2D eigenvalue weighted by Crippen LogP contribution is 2.41. The molecule has 4 heteroatoms. The van der Waals surface area contributed by atoms with Gasteiger partial charge in [-0.1, -0.05) is 31.4 Å². The summed E-state index contributed by atoms with van der Waals surface area (Å²) in [5.74, 6) is 6.73. The second kappa shape index (κ2) is 7.07. The van der Waals surface area contributed by atoms with Crippen molar-refractivity contribution in [1.82, 2.24) is 5.43 Å². The third-order valence-corrected chi connectivity index (χ3v) is 4.30. The van der Waals surface area contributed by atoms with E-state index in [0.717, 1.165) is 24.2 Å². The molecule has 0 aliphatic heterocycles. The van der Waals surface area contributed by atoms with Crippen LogP contribution in [0.15, 0.2) is 24.3 Å². The van der Waals surface area contributed by atoms with E-state index >= 15 is 0 Å². The van der Waals surface area contributed by atoms with E-state index in [1.54, 1.807) is 7.11 Å². The maximum Gasteiger partial charge on any atom is 0.119 e. The van der Waals surface area contributed by atoms with Gasteiger partial charge in [-0.25, -0.2) is 0 Å². The quantitative estimate of drug-likeness (QED) is 0.620. The molecule has 1 atom stereocenters. The maximum atomic E-state index is 5.90. The van der Waals surface area contributed by atoms with E-state index in [4.69, 9.17) is 15.3 Å². The number of hydrogen-bond donors (Lipinski definition) is 2. The standard InChI is InChI=1S/C16H26N2O2/c1-3-20-14-9-7-8-13(12-14)15(18-17)16(19-2)10-5-4-6-11-16/h7-9,12,15,18H,3-6,10-11,17H2,1-2H3. The number of ether oxygens (including phenoxy) is 2. The van der Waals surface area contributed by atoms with Gasteiger partial charge >= 0.3 is 0 Å². The summed E-state index contributed by atoms with van der Waals surface area (Å²) < 4.78 is 11.5. The van der Waals surface area contributed by atoms with Gasteiger partial charge in [0.25, 0.3) is 0 Å². The number of benzene rings is 1. The van der Waals surface area contributed by atoms with Crippen LogP contribution in [-0.4, -0.2) is 19.3 Å². The Bertz CT molecular complexity index is 417. The molecule has 1 saturated carbocycles. The van der Waals surface area contributed by atoms with Gasteiger partial charge in [0.2, 0.25) is 0 Å². The Morgan fingerprint density at radius 2 is 2.05 bits per heavy atom. The molecule has 1 aromatic carbocycles. The Hall–Kier alpha value is -1.10. The molecule has 20 heavy (non-hydrogen) atoms. The molecule has 3 N–H and O–H groups in total. The zero-order valence-corrected chi connectivity index (χ0v) is 12.5. The summed E-state index contributed by atoms with van der Waals surface area (Å²) >= 11 is 0. The molecule has 0 aromatic heterocycles. The average molecular weight is 278 g/mol. The average Bonchev–Trinajstić information content (AvgIpc) is 2.50. The molecular formula is C16H26N2O2. The van der Waals surface area contributed by atoms with Crippen molar-refractivity contribution in [3.8, 4) is 5.75 Å². The number of hydrazine groups is 1. The first-order chi connectivity index (χ1) is 9.75. The fraction of sp³-hybridized carbons (Fsp3) is 0.625. The molecule has 112 valence electrons. The second-order valence-electron chi connectivity index (χ2n) is 5.43. The van der Waals surface area contributed by atoms with E-state index in [1.165, 1.54) is 19.3 Å². The number of nitrogens with one attached hydrogen (secondary N) is 1. The van der Waals surface area contributed by atoms with Crippen molar-refractivity contribution < 1.29 is 9.47 Å². The normalized spacial score (nSPS) is 19.6. The molecular weight excluding hydrogens is 252 g/mol. The van der Waals surface area contributed by atoms with Crippen molar-refractivity contribution in [2.75, 3.05) is 13.7 Å². The van der Waals surface area contributed by atoms with Crippen molar-refractivity contribution in [3.05, 3.63) is 29.8 Å². The predicted molar refractivity (Wildman–Crippen MR) is 80.5 cm³/mol. The minimum Gasteiger partial charge on any atom is -0.494 e. The van der Waals surface area contributed by atoms with E-state index < -0.39 is 0 Å². The summed E-state index contributed by atoms with van der Waals surface area (Å²) in [6.07, 6.45) is 5.74. The van der Waals surface area contributed by atoms with Crippen molar-refractivity contribution in [2.24, 2.45) is 5.84 Å². The molecule has 0 heterocycles. The summed E-state index contributed by atoms with van der Waals surface area (Å²) in [6, 6.07) is 8.12. The van der Waals surface area contributed by atoms with E-state index in [0.29, 0.717) is 6.61 Å². The highest BCUT2D eigenvalue weighted by atomic mass is 16.5. The third kappa shape index (κ3) is 3.14. The van der Waals surface area contributed by atoms with Crippen LogP contribution in [0, 0.1) is 0 Å². The fourth-order valence-corrected chi connectivity index (χ4v) is 3.26. The summed E-state index contributed by atoms with van der Waals surface area (Å²) in [7, 11) is 1.79. The lowest BCUT2D eigenvalue weighted by molar-refractivity contribution is -0.0688. The van der Waals surface area contributed by atoms with Crippen molar-refractivity contribution in [2.45, 2.75) is 50.7 Å². The number of methoxy groups -OCH3 is 1. The smallest absolute Gasteiger partial charge is 0.119 e. The molecule has 4 nitrogen and oxygen atoms in total. The van der Waals surface area contributed by atoms with E-state index in [-0.39, 0.29) is 11.6 Å². The molecule has 1 aliphatic rings. The van der Waals surface area contributed by atoms with Gasteiger partial charge in [-0.3, -0.25) is 11.3 Å². The van der Waals surface area contributed by atoms with E-state index in [9.17, 15) is 0 Å². The van der Waals surface area contributed by atoms with Gasteiger partial charge in [0.15, 0.2) is 0 Å². The molecule has 0 amide bonds. The fourth-order valence-electron chi connectivity index (χ4n) is 3.26. The van der Waals surface area contributed by atoms with Crippen molar-refractivity contribution in [1.29, 1.82) is 0 Å². The molecule has 0 spiro atoms. The largest absolute Gasteiger partial charge is 0.494 e. The van der Waals surface area contributed by atoms with Gasteiger partial charge < -0.3 is 9.47 Å². The third-order valence-electron chi connectivity index (χ3n) is 4.30. The molecule has 1 unspecified atom stereocenters. The summed E-state index contributed by atoms with van der Waals surface area (Å²) in [5, 5.41) is 0. The number of hydrogen-bond acceptors (Lipinski definition) is 4. The predicted octanol–water partition coefficient (Wildman–Crippen LogP) is 2.94. The van der Waals surface area contributed by atoms with Crippen LogP contribution in [0.4, 0.5) is 0 Å². The van der Waals surface area contributed by atoms with Crippen LogP contribution in [-0.2, 0) is 4.74 Å². The lowest BCUT2D eigenvalue weighted by Gasteiger charge is -2.42. The van der Waals surface area contributed by atoms with Gasteiger partial charge in [0.1, 0.15) is 5.75 Å². The first-order valence-electron chi connectivity index (χ1n) is 7.50. The van der Waals surface area contributed by atoms with Crippen LogP contribution in [0.3, 0.4) is 0 Å². The van der Waals surface area contributed by atoms with Crippen molar-refractivity contribution >= 4 is 0 Å². The molecule has 2 rings (SSSR count). The van der Waals surface area contributed by atoms with Crippen LogP contribution >= 0.6 is 0 Å². The minimum absolute atomic E-state index is 0.00629. The Morgan fingerprint density at radius 1 is 1.30 bits per heavy atom. The zero-order chi connectivity index (χ0) is 14.4. The number of rotatable bonds is 6. The van der Waals surface area contributed by atoms with E-state index in [2.05, 4.69) is 17.6 Å². The van der Waals surface area contributed by atoms with Gasteiger partial charge in [0, 0.05) is 7.11 Å². The summed E-state index contributed by atoms with van der Waals surface area (Å²) in [6.45, 7) is 2.66. The lowest BCUT2D eigenvalue weighted by atomic mass is 9.77. The molecule has 1 fully saturated rings. The van der Waals surface area contributed by atoms with Crippen LogP contribution in [0.1, 0.15) is 50.6 Å². The zero-order valence-electron chi connectivity index (χ0n) is 12.5. The Labute approximate surface area is 121 Å². The van der Waals surface area contributed by atoms with Crippen LogP contribution in [0.25, 0.3) is 0 Å². The van der Waals surface area contributed by atoms with Crippen LogP contribution < -0.4 is 16.0 Å². The highest BCUT2D eigenvalue weighted by Gasteiger charge is 2.40. The van der Waals surface area contributed by atoms with E-state index in [1.807, 2.05) is 19.1 Å². The Morgan fingerprint density at radius 3 is 2.65 bits per heavy atom.